The second-order valence-electron chi connectivity index (χ2n) is 6.66. The van der Waals surface area contributed by atoms with Gasteiger partial charge in [0.15, 0.2) is 5.82 Å². The van der Waals surface area contributed by atoms with Crippen LogP contribution >= 0.6 is 15.9 Å². The zero-order chi connectivity index (χ0) is 18.8. The first kappa shape index (κ1) is 17.7. The first-order valence-corrected chi connectivity index (χ1v) is 9.66. The molecule has 0 radical (unpaired) electrons. The Hall–Kier alpha value is -2.67. The molecule has 1 aliphatic rings. The van der Waals surface area contributed by atoms with Crippen LogP contribution in [0.5, 0.6) is 0 Å². The summed E-state index contributed by atoms with van der Waals surface area (Å²) in [6.07, 6.45) is 0.724. The number of halogens is 1. The Morgan fingerprint density at radius 1 is 1.15 bits per heavy atom. The Balaban J connectivity index is 1.46. The van der Waals surface area contributed by atoms with E-state index in [0.717, 1.165) is 33.8 Å². The average molecular weight is 426 g/mol. The second-order valence-corrected chi connectivity index (χ2v) is 7.57. The van der Waals surface area contributed by atoms with E-state index in [-0.39, 0.29) is 6.03 Å². The van der Waals surface area contributed by atoms with Gasteiger partial charge in [-0.1, -0.05) is 46.3 Å². The van der Waals surface area contributed by atoms with E-state index in [9.17, 15) is 4.79 Å². The van der Waals surface area contributed by atoms with Gasteiger partial charge in [0.25, 0.3) is 0 Å². The molecule has 1 N–H and O–H groups in total. The number of carbonyl (C=O) groups excluding carboxylic acids is 1. The van der Waals surface area contributed by atoms with Crippen molar-refractivity contribution < 1.29 is 4.79 Å². The van der Waals surface area contributed by atoms with E-state index in [2.05, 4.69) is 48.1 Å². The van der Waals surface area contributed by atoms with E-state index in [4.69, 9.17) is 0 Å². The van der Waals surface area contributed by atoms with Crippen LogP contribution in [0.25, 0.3) is 0 Å². The first-order chi connectivity index (χ1) is 13.1. The molecule has 7 heteroatoms. The Morgan fingerprint density at radius 2 is 2.00 bits per heavy atom. The number of aromatic nitrogens is 3. The van der Waals surface area contributed by atoms with Crippen molar-refractivity contribution in [1.82, 2.24) is 19.7 Å². The molecule has 1 aliphatic heterocycles. The molecule has 0 bridgehead atoms. The van der Waals surface area contributed by atoms with Crippen molar-refractivity contribution in [3.05, 3.63) is 75.8 Å². The lowest BCUT2D eigenvalue weighted by Crippen LogP contribution is -2.41. The molecule has 0 saturated carbocycles. The minimum Gasteiger partial charge on any atom is -0.315 e. The van der Waals surface area contributed by atoms with E-state index in [1.165, 1.54) is 5.56 Å². The number of para-hydroxylation sites is 1. The molecule has 27 heavy (non-hydrogen) atoms. The number of anilines is 1. The Morgan fingerprint density at radius 3 is 2.81 bits per heavy atom. The maximum absolute atomic E-state index is 12.6. The van der Waals surface area contributed by atoms with Crippen LogP contribution in [-0.2, 0) is 19.5 Å². The number of urea groups is 1. The molecule has 0 unspecified atom stereocenters. The summed E-state index contributed by atoms with van der Waals surface area (Å²) in [7, 11) is 0. The van der Waals surface area contributed by atoms with Gasteiger partial charge in [0, 0.05) is 29.7 Å². The minimum atomic E-state index is -0.105. The summed E-state index contributed by atoms with van der Waals surface area (Å²) >= 11 is 3.50. The zero-order valence-corrected chi connectivity index (χ0v) is 16.6. The van der Waals surface area contributed by atoms with Crippen LogP contribution in [0.2, 0.25) is 0 Å². The number of amides is 2. The van der Waals surface area contributed by atoms with Crippen LogP contribution in [0.1, 0.15) is 22.8 Å². The molecule has 0 saturated heterocycles. The molecule has 4 rings (SSSR count). The van der Waals surface area contributed by atoms with Gasteiger partial charge in [0.2, 0.25) is 0 Å². The molecular formula is C20H20BrN5O. The highest BCUT2D eigenvalue weighted by atomic mass is 79.9. The van der Waals surface area contributed by atoms with E-state index in [0.29, 0.717) is 19.6 Å². The monoisotopic (exact) mass is 425 g/mol. The number of carbonyl (C=O) groups is 1. The lowest BCUT2D eigenvalue weighted by Gasteiger charge is -2.28. The molecule has 0 atom stereocenters. The number of nitrogens with one attached hydrogen (secondary N) is 1. The number of hydrogen-bond acceptors (Lipinski definition) is 3. The highest BCUT2D eigenvalue weighted by molar-refractivity contribution is 9.10. The number of fused-ring (bicyclic) bond motifs is 1. The average Bonchev–Trinajstić information content (AvgIpc) is 3.06. The molecule has 0 fully saturated rings. The Kier molecular flexibility index (Phi) is 4.94. The third-order valence-electron chi connectivity index (χ3n) is 4.75. The quantitative estimate of drug-likeness (QED) is 0.689. The minimum absolute atomic E-state index is 0.105. The maximum atomic E-state index is 12.6. The molecule has 1 aromatic heterocycles. The van der Waals surface area contributed by atoms with Gasteiger partial charge >= 0.3 is 6.03 Å². The number of aryl methyl sites for hydroxylation is 1. The third-order valence-corrected chi connectivity index (χ3v) is 5.25. The van der Waals surface area contributed by atoms with Crippen molar-refractivity contribution in [1.29, 1.82) is 0 Å². The predicted molar refractivity (Wildman–Crippen MR) is 108 cm³/mol. The third kappa shape index (κ3) is 3.88. The highest BCUT2D eigenvalue weighted by Crippen LogP contribution is 2.19. The molecule has 0 aliphatic carbocycles. The fourth-order valence-corrected chi connectivity index (χ4v) is 3.71. The van der Waals surface area contributed by atoms with Gasteiger partial charge in [-0.05, 0) is 36.2 Å². The fraction of sp³-hybridized carbons (Fsp3) is 0.250. The molecule has 2 heterocycles. The van der Waals surface area contributed by atoms with E-state index in [1.54, 1.807) is 4.90 Å². The maximum Gasteiger partial charge on any atom is 0.322 e. The van der Waals surface area contributed by atoms with Crippen molar-refractivity contribution in [2.75, 3.05) is 11.9 Å². The Labute approximate surface area is 166 Å². The van der Waals surface area contributed by atoms with Gasteiger partial charge < -0.3 is 14.8 Å². The van der Waals surface area contributed by atoms with Crippen LogP contribution in [0.4, 0.5) is 10.5 Å². The molecule has 2 aromatic carbocycles. The summed E-state index contributed by atoms with van der Waals surface area (Å²) in [4.78, 5) is 14.4. The van der Waals surface area contributed by atoms with Gasteiger partial charge in [-0.25, -0.2) is 4.79 Å². The largest absolute Gasteiger partial charge is 0.322 e. The topological polar surface area (TPSA) is 63.1 Å². The van der Waals surface area contributed by atoms with Gasteiger partial charge in [0.05, 0.1) is 6.54 Å². The van der Waals surface area contributed by atoms with Crippen molar-refractivity contribution in [2.45, 2.75) is 26.4 Å². The molecule has 3 aromatic rings. The van der Waals surface area contributed by atoms with Crippen molar-refractivity contribution in [3.63, 3.8) is 0 Å². The molecular weight excluding hydrogens is 406 g/mol. The number of rotatable bonds is 3. The summed E-state index contributed by atoms with van der Waals surface area (Å²) in [5.74, 6) is 1.76. The SMILES string of the molecule is Cc1ccccc1NC(=O)N1CCn2c(Cc3cccc(Br)c3)nnc2C1. The highest BCUT2D eigenvalue weighted by Gasteiger charge is 2.24. The van der Waals surface area contributed by atoms with Crippen LogP contribution in [-0.4, -0.2) is 32.2 Å². The fourth-order valence-electron chi connectivity index (χ4n) is 3.26. The van der Waals surface area contributed by atoms with Crippen LogP contribution in [0.3, 0.4) is 0 Å². The van der Waals surface area contributed by atoms with Gasteiger partial charge in [-0.3, -0.25) is 0 Å². The van der Waals surface area contributed by atoms with E-state index >= 15 is 0 Å². The summed E-state index contributed by atoms with van der Waals surface area (Å²) < 4.78 is 3.18. The molecule has 2 amide bonds. The van der Waals surface area contributed by atoms with E-state index in [1.807, 2.05) is 43.3 Å². The van der Waals surface area contributed by atoms with Crippen LogP contribution < -0.4 is 5.32 Å². The van der Waals surface area contributed by atoms with Crippen molar-refractivity contribution in [2.24, 2.45) is 0 Å². The lowest BCUT2D eigenvalue weighted by atomic mass is 10.1. The van der Waals surface area contributed by atoms with Gasteiger partial charge in [-0.2, -0.15) is 0 Å². The van der Waals surface area contributed by atoms with Gasteiger partial charge in [0.1, 0.15) is 5.82 Å². The van der Waals surface area contributed by atoms with Crippen molar-refractivity contribution in [3.8, 4) is 0 Å². The number of hydrogen-bond donors (Lipinski definition) is 1. The summed E-state index contributed by atoms with van der Waals surface area (Å²) in [6.45, 7) is 3.78. The van der Waals surface area contributed by atoms with Gasteiger partial charge in [-0.15, -0.1) is 10.2 Å². The number of nitrogens with zero attached hydrogens (tertiary/aromatic N) is 4. The first-order valence-electron chi connectivity index (χ1n) is 8.87. The molecule has 6 nitrogen and oxygen atoms in total. The van der Waals surface area contributed by atoms with Crippen molar-refractivity contribution >= 4 is 27.6 Å². The smallest absolute Gasteiger partial charge is 0.315 e. The number of benzene rings is 2. The standard InChI is InChI=1S/C20H20BrN5O/c1-14-5-2-3-8-17(14)22-20(27)25-9-10-26-18(23-24-19(26)13-25)12-15-6-4-7-16(21)11-15/h2-8,11H,9-10,12-13H2,1H3,(H,22,27). The summed E-state index contributed by atoms with van der Waals surface area (Å²) in [5, 5.41) is 11.7. The molecule has 0 spiro atoms. The zero-order valence-electron chi connectivity index (χ0n) is 15.0. The molecule has 138 valence electrons. The Bertz CT molecular complexity index is 984. The van der Waals surface area contributed by atoms with Crippen LogP contribution in [0.15, 0.2) is 53.0 Å². The summed E-state index contributed by atoms with van der Waals surface area (Å²) in [6, 6.07) is 15.9. The normalized spacial score (nSPS) is 13.3. The van der Waals surface area contributed by atoms with E-state index < -0.39 is 0 Å². The lowest BCUT2D eigenvalue weighted by molar-refractivity contribution is 0.195. The second kappa shape index (κ2) is 7.52. The summed E-state index contributed by atoms with van der Waals surface area (Å²) in [5.41, 5.74) is 3.06. The van der Waals surface area contributed by atoms with Crippen LogP contribution in [0, 0.1) is 6.92 Å². The predicted octanol–water partition coefficient (Wildman–Crippen LogP) is 3.99.